The van der Waals surface area contributed by atoms with Crippen LogP contribution in [0.1, 0.15) is 0 Å². The summed E-state index contributed by atoms with van der Waals surface area (Å²) >= 11 is 0. The molecule has 0 fully saturated rings. The topological polar surface area (TPSA) is 121 Å². The summed E-state index contributed by atoms with van der Waals surface area (Å²) in [6.45, 7) is 2.96. The van der Waals surface area contributed by atoms with Crippen molar-refractivity contribution in [3.8, 4) is 0 Å². The van der Waals surface area contributed by atoms with Crippen LogP contribution in [0.5, 0.6) is 0 Å². The summed E-state index contributed by atoms with van der Waals surface area (Å²) in [5.41, 5.74) is 4.46. The zero-order chi connectivity index (χ0) is 10.1. The second-order valence-electron chi connectivity index (χ2n) is 1.45. The van der Waals surface area contributed by atoms with E-state index in [0.717, 1.165) is 6.08 Å². The molecule has 0 bridgehead atoms. The fourth-order valence-electron chi connectivity index (χ4n) is 0.127. The Kier molecular flexibility index (Phi) is 7.53. The Morgan fingerprint density at radius 3 is 1.58 bits per heavy atom. The Morgan fingerprint density at radius 1 is 1.25 bits per heavy atom. The van der Waals surface area contributed by atoms with Gasteiger partial charge >= 0.3 is 5.97 Å². The highest BCUT2D eigenvalue weighted by atomic mass is 16.5. The van der Waals surface area contributed by atoms with Crippen LogP contribution < -0.4 is 5.73 Å². The molecule has 0 aromatic rings. The van der Waals surface area contributed by atoms with Crippen LogP contribution in [0.15, 0.2) is 24.7 Å². The minimum Gasteiger partial charge on any atom is -0.481 e. The van der Waals surface area contributed by atoms with Crippen molar-refractivity contribution < 1.29 is 24.9 Å². The number of aliphatic hydroxyl groups is 2. The van der Waals surface area contributed by atoms with Gasteiger partial charge in [0.25, 0.3) is 5.95 Å². The number of amides is 1. The van der Waals surface area contributed by atoms with Gasteiger partial charge in [0, 0.05) is 6.08 Å². The van der Waals surface area contributed by atoms with Crippen molar-refractivity contribution in [2.75, 3.05) is 0 Å². The molecule has 68 valence electrons. The van der Waals surface area contributed by atoms with Crippen LogP contribution in [0.25, 0.3) is 0 Å². The lowest BCUT2D eigenvalue weighted by molar-refractivity contribution is -0.131. The van der Waals surface area contributed by atoms with E-state index in [1.54, 1.807) is 0 Å². The fraction of sp³-hybridized carbons (Fsp3) is 0. The van der Waals surface area contributed by atoms with E-state index in [2.05, 4.69) is 12.3 Å². The minimum atomic E-state index is -1.06. The summed E-state index contributed by atoms with van der Waals surface area (Å²) in [5.74, 6) is -2.92. The summed E-state index contributed by atoms with van der Waals surface area (Å²) in [6.07, 6.45) is 1.33. The molecule has 0 saturated heterocycles. The molecule has 0 heterocycles. The first kappa shape index (κ1) is 12.7. The number of carboxylic acids is 1. The van der Waals surface area contributed by atoms with Gasteiger partial charge in [0.15, 0.2) is 0 Å². The monoisotopic (exact) mass is 175 g/mol. The molecule has 6 nitrogen and oxygen atoms in total. The largest absolute Gasteiger partial charge is 0.481 e. The van der Waals surface area contributed by atoms with Gasteiger partial charge in [-0.15, -0.1) is 0 Å². The molecular weight excluding hydrogens is 166 g/mol. The van der Waals surface area contributed by atoms with Crippen LogP contribution in [0, 0.1) is 0 Å². The van der Waals surface area contributed by atoms with Gasteiger partial charge in [-0.05, 0) is 0 Å². The van der Waals surface area contributed by atoms with Gasteiger partial charge in [-0.2, -0.15) is 0 Å². The molecule has 0 saturated carbocycles. The molecule has 0 rings (SSSR count). The van der Waals surface area contributed by atoms with E-state index < -0.39 is 17.8 Å². The van der Waals surface area contributed by atoms with E-state index in [4.69, 9.17) is 15.3 Å². The Labute approximate surface area is 68.2 Å². The molecule has 0 unspecified atom stereocenters. The summed E-state index contributed by atoms with van der Waals surface area (Å²) in [4.78, 5) is 18.9. The lowest BCUT2D eigenvalue weighted by Crippen LogP contribution is -2.06. The van der Waals surface area contributed by atoms with E-state index in [-0.39, 0.29) is 0 Å². The molecule has 0 aliphatic heterocycles. The van der Waals surface area contributed by atoms with Crippen molar-refractivity contribution in [2.45, 2.75) is 0 Å². The number of hydrogen-bond donors (Lipinski definition) is 4. The van der Waals surface area contributed by atoms with Gasteiger partial charge in [0.2, 0.25) is 5.91 Å². The third-order valence-corrected chi connectivity index (χ3v) is 0.446. The van der Waals surface area contributed by atoms with Gasteiger partial charge in [-0.1, -0.05) is 6.58 Å². The number of rotatable bonds is 2. The first-order valence-corrected chi connectivity index (χ1v) is 2.64. The van der Waals surface area contributed by atoms with Gasteiger partial charge in [-0.25, -0.2) is 4.79 Å². The van der Waals surface area contributed by atoms with Crippen molar-refractivity contribution in [2.24, 2.45) is 5.73 Å². The maximum absolute atomic E-state index is 9.64. The van der Waals surface area contributed by atoms with Crippen molar-refractivity contribution in [1.29, 1.82) is 0 Å². The maximum Gasteiger partial charge on any atom is 0.327 e. The van der Waals surface area contributed by atoms with E-state index in [1.807, 2.05) is 0 Å². The summed E-state index contributed by atoms with van der Waals surface area (Å²) < 4.78 is 0. The van der Waals surface area contributed by atoms with E-state index >= 15 is 0 Å². The molecule has 0 aromatic heterocycles. The van der Waals surface area contributed by atoms with Crippen LogP contribution in [0.3, 0.4) is 0 Å². The van der Waals surface area contributed by atoms with E-state index in [0.29, 0.717) is 6.08 Å². The molecule has 0 aromatic carbocycles. The number of carbonyl (C=O) groups is 2. The van der Waals surface area contributed by atoms with Crippen molar-refractivity contribution in [3.05, 3.63) is 24.7 Å². The number of carbonyl (C=O) groups excluding carboxylic acids is 1. The molecule has 0 aliphatic rings. The number of carboxylic acid groups (broad SMARTS) is 1. The smallest absolute Gasteiger partial charge is 0.327 e. The number of primary amides is 1. The van der Waals surface area contributed by atoms with Gasteiger partial charge in [-0.3, -0.25) is 4.79 Å². The second-order valence-corrected chi connectivity index (χ2v) is 1.45. The Morgan fingerprint density at radius 2 is 1.58 bits per heavy atom. The molecule has 0 spiro atoms. The molecule has 0 atom stereocenters. The van der Waals surface area contributed by atoms with Crippen LogP contribution in [0.4, 0.5) is 0 Å². The molecule has 0 aliphatic carbocycles. The van der Waals surface area contributed by atoms with Crippen molar-refractivity contribution in [3.63, 3.8) is 0 Å². The number of nitrogens with two attached hydrogens (primary N) is 1. The third kappa shape index (κ3) is 24.5. The predicted molar refractivity (Wildman–Crippen MR) is 40.4 cm³/mol. The van der Waals surface area contributed by atoms with Gasteiger partial charge in [0.1, 0.15) is 0 Å². The summed E-state index contributed by atoms with van der Waals surface area (Å²) in [5, 5.41) is 23.3. The highest BCUT2D eigenvalue weighted by Crippen LogP contribution is 1.73. The molecule has 1 amide bonds. The molecule has 5 N–H and O–H groups in total. The Balaban J connectivity index is 0. The van der Waals surface area contributed by atoms with Crippen LogP contribution in [-0.2, 0) is 9.59 Å². The minimum absolute atomic E-state index is 0.500. The molecule has 6 heteroatoms. The van der Waals surface area contributed by atoms with E-state index in [9.17, 15) is 9.59 Å². The predicted octanol–water partition coefficient (Wildman–Crippen LogP) is -0.314. The second kappa shape index (κ2) is 7.13. The van der Waals surface area contributed by atoms with Crippen molar-refractivity contribution >= 4 is 11.9 Å². The number of aliphatic carboxylic acids is 1. The van der Waals surface area contributed by atoms with Crippen LogP contribution in [0.2, 0.25) is 0 Å². The highest BCUT2D eigenvalue weighted by molar-refractivity contribution is 5.85. The fourth-order valence-corrected chi connectivity index (χ4v) is 0.127. The Hall–Kier alpha value is -1.98. The number of aliphatic hydroxyl groups excluding tert-OH is 1. The normalized spacial score (nSPS) is 7.00. The zero-order valence-electron chi connectivity index (χ0n) is 6.10. The molecule has 0 radical (unpaired) electrons. The average molecular weight is 175 g/mol. The van der Waals surface area contributed by atoms with Crippen LogP contribution >= 0.6 is 0 Å². The van der Waals surface area contributed by atoms with E-state index in [1.165, 1.54) is 0 Å². The molecular formula is C6H9NO5. The lowest BCUT2D eigenvalue weighted by atomic mass is 10.6. The van der Waals surface area contributed by atoms with Gasteiger partial charge < -0.3 is 21.1 Å². The average Bonchev–Trinajstić information content (AvgIpc) is 1.85. The highest BCUT2D eigenvalue weighted by Gasteiger charge is 1.86. The SMILES string of the molecule is C=CC(=O)O.NC(=O)C=C(O)O. The van der Waals surface area contributed by atoms with Crippen molar-refractivity contribution in [1.82, 2.24) is 0 Å². The quantitative estimate of drug-likeness (QED) is 0.338. The Bertz CT molecular complexity index is 204. The summed E-state index contributed by atoms with van der Waals surface area (Å²) in [6, 6.07) is 0. The first-order valence-electron chi connectivity index (χ1n) is 2.64. The lowest BCUT2D eigenvalue weighted by Gasteiger charge is -1.80. The van der Waals surface area contributed by atoms with Crippen LogP contribution in [-0.4, -0.2) is 27.2 Å². The van der Waals surface area contributed by atoms with Gasteiger partial charge in [0.05, 0.1) is 6.08 Å². The summed E-state index contributed by atoms with van der Waals surface area (Å²) in [7, 11) is 0. The molecule has 12 heavy (non-hydrogen) atoms. The zero-order valence-corrected chi connectivity index (χ0v) is 6.10. The number of hydrogen-bond acceptors (Lipinski definition) is 4. The maximum atomic E-state index is 9.64. The first-order chi connectivity index (χ1) is 5.40. The third-order valence-electron chi connectivity index (χ3n) is 0.446. The standard InChI is InChI=1S/C3H5NO3.C3H4O2/c4-2(5)1-3(6)7;1-2-3(4)5/h1,6-7H,(H2,4,5);2H,1H2,(H,4,5).